The number of carbonyl (C=O) groups is 2. The molecule has 1 aromatic heterocycles. The van der Waals surface area contributed by atoms with E-state index in [-0.39, 0.29) is 34.1 Å². The maximum absolute atomic E-state index is 14.1. The number of ether oxygens (including phenoxy) is 1. The molecule has 1 heterocycles. The van der Waals surface area contributed by atoms with E-state index in [1.54, 1.807) is 6.92 Å². The number of phenolic OH excluding ortho intramolecular Hbond substituents is 1. The van der Waals surface area contributed by atoms with Gasteiger partial charge in [-0.2, -0.15) is 0 Å². The van der Waals surface area contributed by atoms with E-state index in [0.29, 0.717) is 0 Å². The van der Waals surface area contributed by atoms with Gasteiger partial charge in [0.15, 0.2) is 11.6 Å². The van der Waals surface area contributed by atoms with Crippen molar-refractivity contribution >= 4 is 22.8 Å². The number of carboxylic acid groups (broad SMARTS) is 1. The summed E-state index contributed by atoms with van der Waals surface area (Å²) >= 11 is 0. The molecule has 0 saturated heterocycles. The Balaban J connectivity index is 2.17. The molecule has 1 atom stereocenters. The SMILES string of the molecule is CC[C@H](C(=O)O)c1c(C)n(C(=O)c2ccc(OC(F)(F)F)cc2)c2cc(F)c(O)cc12. The molecule has 0 unspecified atom stereocenters. The minimum Gasteiger partial charge on any atom is -0.505 e. The van der Waals surface area contributed by atoms with Gasteiger partial charge >= 0.3 is 12.3 Å². The van der Waals surface area contributed by atoms with Crippen LogP contribution < -0.4 is 4.74 Å². The second kappa shape index (κ2) is 7.93. The van der Waals surface area contributed by atoms with E-state index in [2.05, 4.69) is 4.74 Å². The van der Waals surface area contributed by atoms with Crippen LogP contribution >= 0.6 is 0 Å². The molecule has 0 spiro atoms. The molecule has 164 valence electrons. The fraction of sp³-hybridized carbons (Fsp3) is 0.238. The Kier molecular flexibility index (Phi) is 5.66. The molecule has 0 bridgehead atoms. The molecule has 0 radical (unpaired) electrons. The zero-order valence-electron chi connectivity index (χ0n) is 16.3. The van der Waals surface area contributed by atoms with Gasteiger partial charge in [0.1, 0.15) is 5.75 Å². The number of hydrogen-bond donors (Lipinski definition) is 2. The van der Waals surface area contributed by atoms with Gasteiger partial charge < -0.3 is 14.9 Å². The zero-order valence-corrected chi connectivity index (χ0v) is 16.3. The summed E-state index contributed by atoms with van der Waals surface area (Å²) in [5.74, 6) is -5.13. The molecule has 0 aliphatic carbocycles. The maximum atomic E-state index is 14.1. The van der Waals surface area contributed by atoms with E-state index in [1.165, 1.54) is 6.92 Å². The minimum absolute atomic E-state index is 0.0297. The van der Waals surface area contributed by atoms with E-state index >= 15 is 0 Å². The Morgan fingerprint density at radius 1 is 1.16 bits per heavy atom. The molecule has 0 aliphatic rings. The number of nitrogens with zero attached hydrogens (tertiary/aromatic N) is 1. The minimum atomic E-state index is -4.89. The smallest absolute Gasteiger partial charge is 0.505 e. The predicted molar refractivity (Wildman–Crippen MR) is 102 cm³/mol. The van der Waals surface area contributed by atoms with Gasteiger partial charge in [-0.3, -0.25) is 14.2 Å². The van der Waals surface area contributed by atoms with Crippen molar-refractivity contribution in [1.82, 2.24) is 4.57 Å². The van der Waals surface area contributed by atoms with Gasteiger partial charge in [0, 0.05) is 22.7 Å². The second-order valence-electron chi connectivity index (χ2n) is 6.83. The average Bonchev–Trinajstić information content (AvgIpc) is 2.93. The van der Waals surface area contributed by atoms with Crippen LogP contribution in [0.25, 0.3) is 10.9 Å². The molecular formula is C21H17F4NO5. The average molecular weight is 439 g/mol. The number of aromatic nitrogens is 1. The lowest BCUT2D eigenvalue weighted by Crippen LogP contribution is -2.18. The van der Waals surface area contributed by atoms with E-state index in [1.807, 2.05) is 0 Å². The van der Waals surface area contributed by atoms with Gasteiger partial charge in [0.25, 0.3) is 5.91 Å². The number of hydrogen-bond acceptors (Lipinski definition) is 4. The third kappa shape index (κ3) is 4.18. The molecule has 0 aliphatic heterocycles. The van der Waals surface area contributed by atoms with Crippen LogP contribution in [0.15, 0.2) is 36.4 Å². The van der Waals surface area contributed by atoms with Gasteiger partial charge in [-0.1, -0.05) is 6.92 Å². The van der Waals surface area contributed by atoms with Gasteiger partial charge in [-0.25, -0.2) is 4.39 Å². The zero-order chi connectivity index (χ0) is 23.1. The highest BCUT2D eigenvalue weighted by Crippen LogP contribution is 2.37. The topological polar surface area (TPSA) is 88.8 Å². The van der Waals surface area contributed by atoms with Gasteiger partial charge in [0.2, 0.25) is 0 Å². The lowest BCUT2D eigenvalue weighted by molar-refractivity contribution is -0.274. The number of aromatic hydroxyl groups is 1. The number of rotatable bonds is 5. The third-order valence-corrected chi connectivity index (χ3v) is 4.91. The first kappa shape index (κ1) is 22.1. The summed E-state index contributed by atoms with van der Waals surface area (Å²) in [5.41, 5.74) is 0.460. The molecule has 6 nitrogen and oxygen atoms in total. The highest BCUT2D eigenvalue weighted by atomic mass is 19.4. The number of aliphatic carboxylic acids is 1. The van der Waals surface area contributed by atoms with E-state index in [0.717, 1.165) is 41.0 Å². The van der Waals surface area contributed by atoms with Crippen LogP contribution in [0.2, 0.25) is 0 Å². The van der Waals surface area contributed by atoms with Crippen LogP contribution in [0, 0.1) is 12.7 Å². The summed E-state index contributed by atoms with van der Waals surface area (Å²) in [6, 6.07) is 6.11. The van der Waals surface area contributed by atoms with Crippen LogP contribution in [-0.2, 0) is 4.79 Å². The van der Waals surface area contributed by atoms with Crippen molar-refractivity contribution in [2.45, 2.75) is 32.5 Å². The van der Waals surface area contributed by atoms with E-state index in [4.69, 9.17) is 0 Å². The lowest BCUT2D eigenvalue weighted by atomic mass is 9.94. The molecule has 0 amide bonds. The van der Waals surface area contributed by atoms with Crippen molar-refractivity contribution < 1.29 is 42.1 Å². The van der Waals surface area contributed by atoms with E-state index < -0.39 is 41.5 Å². The Hall–Kier alpha value is -3.56. The summed E-state index contributed by atoms with van der Waals surface area (Å²) in [6.07, 6.45) is -4.72. The lowest BCUT2D eigenvalue weighted by Gasteiger charge is -2.12. The quantitative estimate of drug-likeness (QED) is 0.549. The largest absolute Gasteiger partial charge is 0.573 e. The van der Waals surface area contributed by atoms with Crippen molar-refractivity contribution in [3.05, 3.63) is 59.0 Å². The number of phenols is 1. The molecule has 2 aromatic carbocycles. The van der Waals surface area contributed by atoms with Gasteiger partial charge in [-0.15, -0.1) is 13.2 Å². The van der Waals surface area contributed by atoms with Crippen molar-refractivity contribution in [1.29, 1.82) is 0 Å². The fourth-order valence-electron chi connectivity index (χ4n) is 3.58. The van der Waals surface area contributed by atoms with Crippen LogP contribution in [0.5, 0.6) is 11.5 Å². The van der Waals surface area contributed by atoms with Crippen molar-refractivity contribution in [2.24, 2.45) is 0 Å². The van der Waals surface area contributed by atoms with Crippen molar-refractivity contribution in [3.8, 4) is 11.5 Å². The second-order valence-corrected chi connectivity index (χ2v) is 6.83. The number of fused-ring (bicyclic) bond motifs is 1. The normalized spacial score (nSPS) is 12.7. The molecule has 0 saturated carbocycles. The monoisotopic (exact) mass is 439 g/mol. The summed E-state index contributed by atoms with van der Waals surface area (Å²) in [6.45, 7) is 3.11. The number of benzene rings is 2. The Bertz CT molecular complexity index is 1170. The molecule has 10 heteroatoms. The first-order chi connectivity index (χ1) is 14.4. The number of carboxylic acids is 1. The molecule has 3 rings (SSSR count). The van der Waals surface area contributed by atoms with Crippen molar-refractivity contribution in [3.63, 3.8) is 0 Å². The van der Waals surface area contributed by atoms with Crippen LogP contribution in [0.3, 0.4) is 0 Å². The van der Waals surface area contributed by atoms with Gasteiger partial charge in [-0.05, 0) is 49.2 Å². The molecule has 2 N–H and O–H groups in total. The molecular weight excluding hydrogens is 422 g/mol. The highest BCUT2D eigenvalue weighted by molar-refractivity contribution is 6.05. The Labute approximate surface area is 173 Å². The molecule has 31 heavy (non-hydrogen) atoms. The summed E-state index contributed by atoms with van der Waals surface area (Å²) in [5, 5.41) is 19.6. The number of halogens is 4. The first-order valence-corrected chi connectivity index (χ1v) is 9.11. The van der Waals surface area contributed by atoms with Gasteiger partial charge in [0.05, 0.1) is 11.4 Å². The van der Waals surface area contributed by atoms with E-state index in [9.17, 15) is 37.4 Å². The van der Waals surface area contributed by atoms with Crippen LogP contribution in [-0.4, -0.2) is 33.0 Å². The fourth-order valence-corrected chi connectivity index (χ4v) is 3.58. The number of alkyl halides is 3. The Morgan fingerprint density at radius 3 is 2.29 bits per heavy atom. The predicted octanol–water partition coefficient (Wildman–Crippen LogP) is 4.96. The third-order valence-electron chi connectivity index (χ3n) is 4.91. The Morgan fingerprint density at radius 2 is 1.77 bits per heavy atom. The molecule has 0 fully saturated rings. The van der Waals surface area contributed by atoms with Crippen molar-refractivity contribution in [2.75, 3.05) is 0 Å². The highest BCUT2D eigenvalue weighted by Gasteiger charge is 2.32. The summed E-state index contributed by atoms with van der Waals surface area (Å²) < 4.78 is 56.0. The number of carbonyl (C=O) groups excluding carboxylic acids is 1. The standard InChI is InChI=1S/C21H17F4NO5/c1-3-13(20(29)30)18-10(2)26(16-9-15(22)17(27)8-14(16)18)19(28)11-4-6-12(7-5-11)31-21(23,24)25/h4-9,13,27H,3H2,1-2H3,(H,29,30)/t13-/m0/s1. The molecule has 3 aromatic rings. The van der Waals surface area contributed by atoms with Crippen LogP contribution in [0.4, 0.5) is 17.6 Å². The maximum Gasteiger partial charge on any atom is 0.573 e. The first-order valence-electron chi connectivity index (χ1n) is 9.11. The van der Waals surface area contributed by atoms with Crippen LogP contribution in [0.1, 0.15) is 40.9 Å². The summed E-state index contributed by atoms with van der Waals surface area (Å²) in [7, 11) is 0. The summed E-state index contributed by atoms with van der Waals surface area (Å²) in [4.78, 5) is 24.9.